The van der Waals surface area contributed by atoms with E-state index in [1.54, 1.807) is 13.0 Å². The first-order chi connectivity index (χ1) is 8.00. The molecule has 0 saturated carbocycles. The summed E-state index contributed by atoms with van der Waals surface area (Å²) < 4.78 is 13.2. The lowest BCUT2D eigenvalue weighted by Gasteiger charge is -2.38. The molecule has 2 nitrogen and oxygen atoms in total. The van der Waals surface area contributed by atoms with Crippen molar-refractivity contribution in [2.75, 3.05) is 11.4 Å². The summed E-state index contributed by atoms with van der Waals surface area (Å²) in [5, 5.41) is 0. The molecule has 0 amide bonds. The third kappa shape index (κ3) is 2.19. The van der Waals surface area contributed by atoms with Crippen molar-refractivity contribution >= 4 is 11.5 Å². The normalized spacial score (nSPS) is 25.2. The Balaban J connectivity index is 2.27. The standard InChI is InChI=1S/C14H18FNO/c1-9-8-12(4-5-13(9)15)16-7-6-14(17)10(2)11(16)3/h4-5,8,10-11H,6-7H2,1-3H3. The van der Waals surface area contributed by atoms with Crippen LogP contribution in [-0.4, -0.2) is 18.4 Å². The topological polar surface area (TPSA) is 20.3 Å². The van der Waals surface area contributed by atoms with Crippen LogP contribution in [0.2, 0.25) is 0 Å². The summed E-state index contributed by atoms with van der Waals surface area (Å²) in [6.45, 7) is 6.52. The molecule has 1 aliphatic heterocycles. The molecule has 17 heavy (non-hydrogen) atoms. The molecule has 1 fully saturated rings. The molecule has 0 radical (unpaired) electrons. The zero-order valence-corrected chi connectivity index (χ0v) is 10.5. The van der Waals surface area contributed by atoms with Crippen LogP contribution in [0.5, 0.6) is 0 Å². The third-order valence-corrected chi connectivity index (χ3v) is 3.80. The van der Waals surface area contributed by atoms with Gasteiger partial charge in [0.05, 0.1) is 0 Å². The number of benzene rings is 1. The summed E-state index contributed by atoms with van der Waals surface area (Å²) in [5.74, 6) is 0.198. The highest BCUT2D eigenvalue weighted by molar-refractivity contribution is 5.84. The zero-order valence-electron chi connectivity index (χ0n) is 10.5. The minimum absolute atomic E-state index is 0.0501. The van der Waals surface area contributed by atoms with Crippen LogP contribution in [0.25, 0.3) is 0 Å². The summed E-state index contributed by atoms with van der Waals surface area (Å²) in [6, 6.07) is 5.33. The number of Topliss-reactive ketones (excluding diaryl/α,β-unsaturated/α-hetero) is 1. The van der Waals surface area contributed by atoms with Crippen molar-refractivity contribution in [3.63, 3.8) is 0 Å². The summed E-state index contributed by atoms with van der Waals surface area (Å²) in [7, 11) is 0. The van der Waals surface area contributed by atoms with Gasteiger partial charge in [0.15, 0.2) is 0 Å². The van der Waals surface area contributed by atoms with E-state index in [1.165, 1.54) is 6.07 Å². The maximum atomic E-state index is 13.2. The minimum atomic E-state index is -0.178. The van der Waals surface area contributed by atoms with Crippen molar-refractivity contribution in [2.24, 2.45) is 5.92 Å². The van der Waals surface area contributed by atoms with Crippen LogP contribution >= 0.6 is 0 Å². The fourth-order valence-electron chi connectivity index (χ4n) is 2.37. The molecule has 0 aromatic heterocycles. The number of carbonyl (C=O) groups is 1. The van der Waals surface area contributed by atoms with Gasteiger partial charge in [-0.15, -0.1) is 0 Å². The van der Waals surface area contributed by atoms with Crippen LogP contribution < -0.4 is 4.90 Å². The molecule has 1 heterocycles. The molecule has 2 rings (SSSR count). The minimum Gasteiger partial charge on any atom is -0.368 e. The van der Waals surface area contributed by atoms with Crippen molar-refractivity contribution in [1.29, 1.82) is 0 Å². The predicted molar refractivity (Wildman–Crippen MR) is 66.7 cm³/mol. The molecule has 92 valence electrons. The Morgan fingerprint density at radius 3 is 2.71 bits per heavy atom. The van der Waals surface area contributed by atoms with Gasteiger partial charge < -0.3 is 4.90 Å². The van der Waals surface area contributed by atoms with Gasteiger partial charge in [0.1, 0.15) is 11.6 Å². The fraction of sp³-hybridized carbons (Fsp3) is 0.500. The van der Waals surface area contributed by atoms with Crippen LogP contribution in [0.1, 0.15) is 25.8 Å². The summed E-state index contributed by atoms with van der Waals surface area (Å²) in [6.07, 6.45) is 0.585. The Morgan fingerprint density at radius 1 is 1.35 bits per heavy atom. The van der Waals surface area contributed by atoms with Gasteiger partial charge in [0, 0.05) is 30.6 Å². The second-order valence-corrected chi connectivity index (χ2v) is 4.87. The number of carbonyl (C=O) groups excluding carboxylic acids is 1. The van der Waals surface area contributed by atoms with Crippen LogP contribution in [0, 0.1) is 18.7 Å². The lowest BCUT2D eigenvalue weighted by molar-refractivity contribution is -0.123. The summed E-state index contributed by atoms with van der Waals surface area (Å²) in [5.41, 5.74) is 1.66. The number of hydrogen-bond acceptors (Lipinski definition) is 2. The molecule has 1 aliphatic rings. The first-order valence-corrected chi connectivity index (χ1v) is 6.06. The van der Waals surface area contributed by atoms with E-state index >= 15 is 0 Å². The first kappa shape index (κ1) is 12.1. The number of anilines is 1. The second-order valence-electron chi connectivity index (χ2n) is 4.87. The Morgan fingerprint density at radius 2 is 2.06 bits per heavy atom. The van der Waals surface area contributed by atoms with Crippen LogP contribution in [0.4, 0.5) is 10.1 Å². The maximum absolute atomic E-state index is 13.2. The van der Waals surface area contributed by atoms with Crippen LogP contribution in [-0.2, 0) is 4.79 Å². The SMILES string of the molecule is Cc1cc(N2CCC(=O)C(C)C2C)ccc1F. The molecule has 2 atom stereocenters. The van der Waals surface area contributed by atoms with E-state index < -0.39 is 0 Å². The van der Waals surface area contributed by atoms with Crippen molar-refractivity contribution in [2.45, 2.75) is 33.2 Å². The number of hydrogen-bond donors (Lipinski definition) is 0. The lowest BCUT2D eigenvalue weighted by Crippen LogP contribution is -2.47. The van der Waals surface area contributed by atoms with E-state index in [9.17, 15) is 9.18 Å². The quantitative estimate of drug-likeness (QED) is 0.746. The Kier molecular flexibility index (Phi) is 3.18. The van der Waals surface area contributed by atoms with Gasteiger partial charge in [-0.3, -0.25) is 4.79 Å². The Hall–Kier alpha value is -1.38. The molecular weight excluding hydrogens is 217 g/mol. The molecular formula is C14H18FNO. The molecule has 1 saturated heterocycles. The molecule has 1 aromatic rings. The number of aryl methyl sites for hydroxylation is 1. The summed E-state index contributed by atoms with van der Waals surface area (Å²) >= 11 is 0. The van der Waals surface area contributed by atoms with Gasteiger partial charge in [-0.2, -0.15) is 0 Å². The number of rotatable bonds is 1. The van der Waals surface area contributed by atoms with Gasteiger partial charge in [-0.1, -0.05) is 6.92 Å². The van der Waals surface area contributed by atoms with E-state index in [0.717, 1.165) is 12.2 Å². The highest BCUT2D eigenvalue weighted by Crippen LogP contribution is 2.27. The van der Waals surface area contributed by atoms with Gasteiger partial charge in [-0.05, 0) is 37.6 Å². The summed E-state index contributed by atoms with van der Waals surface area (Å²) in [4.78, 5) is 13.8. The number of halogens is 1. The Bertz CT molecular complexity index is 444. The van der Waals surface area contributed by atoms with E-state index in [4.69, 9.17) is 0 Å². The average molecular weight is 235 g/mol. The fourth-order valence-corrected chi connectivity index (χ4v) is 2.37. The number of nitrogens with zero attached hydrogens (tertiary/aromatic N) is 1. The smallest absolute Gasteiger partial charge is 0.139 e. The molecule has 2 unspecified atom stereocenters. The second kappa shape index (κ2) is 4.47. The monoisotopic (exact) mass is 235 g/mol. The van der Waals surface area contributed by atoms with E-state index in [2.05, 4.69) is 11.8 Å². The predicted octanol–water partition coefficient (Wildman–Crippen LogP) is 2.94. The van der Waals surface area contributed by atoms with Crippen LogP contribution in [0.15, 0.2) is 18.2 Å². The van der Waals surface area contributed by atoms with Gasteiger partial charge in [0.25, 0.3) is 0 Å². The highest BCUT2D eigenvalue weighted by atomic mass is 19.1. The maximum Gasteiger partial charge on any atom is 0.139 e. The van der Waals surface area contributed by atoms with E-state index in [1.807, 2.05) is 13.0 Å². The molecule has 0 bridgehead atoms. The van der Waals surface area contributed by atoms with Crippen molar-refractivity contribution in [3.8, 4) is 0 Å². The van der Waals surface area contributed by atoms with Crippen LogP contribution in [0.3, 0.4) is 0 Å². The lowest BCUT2D eigenvalue weighted by atomic mass is 9.90. The van der Waals surface area contributed by atoms with Crippen molar-refractivity contribution in [1.82, 2.24) is 0 Å². The molecule has 0 aliphatic carbocycles. The third-order valence-electron chi connectivity index (χ3n) is 3.80. The zero-order chi connectivity index (χ0) is 12.6. The molecule has 0 N–H and O–H groups in total. The highest BCUT2D eigenvalue weighted by Gasteiger charge is 2.30. The van der Waals surface area contributed by atoms with Gasteiger partial charge in [0.2, 0.25) is 0 Å². The van der Waals surface area contributed by atoms with E-state index in [0.29, 0.717) is 17.8 Å². The van der Waals surface area contributed by atoms with Crippen molar-refractivity contribution < 1.29 is 9.18 Å². The molecule has 3 heteroatoms. The number of ketones is 1. The van der Waals surface area contributed by atoms with Gasteiger partial charge in [-0.25, -0.2) is 4.39 Å². The van der Waals surface area contributed by atoms with Crippen molar-refractivity contribution in [3.05, 3.63) is 29.6 Å². The average Bonchev–Trinajstić information content (AvgIpc) is 2.30. The first-order valence-electron chi connectivity index (χ1n) is 6.06. The largest absolute Gasteiger partial charge is 0.368 e. The molecule has 0 spiro atoms. The van der Waals surface area contributed by atoms with Gasteiger partial charge >= 0.3 is 0 Å². The number of piperidine rings is 1. The van der Waals surface area contributed by atoms with E-state index in [-0.39, 0.29) is 17.8 Å². The molecule has 1 aromatic carbocycles. The Labute approximate surface area is 101 Å².